The maximum absolute atomic E-state index is 11.1. The Bertz CT molecular complexity index is 365. The van der Waals surface area contributed by atoms with Crippen LogP contribution in [-0.2, 0) is 0 Å². The van der Waals surface area contributed by atoms with Crippen LogP contribution >= 0.6 is 0 Å². The summed E-state index contributed by atoms with van der Waals surface area (Å²) in [5.74, 6) is -0.0376. The molecule has 1 fully saturated rings. The van der Waals surface area contributed by atoms with E-state index in [-0.39, 0.29) is 17.8 Å². The first-order chi connectivity index (χ1) is 7.20. The molecule has 82 valence electrons. The molecular weight excluding hydrogens is 200 g/mol. The Balaban J connectivity index is 2.10. The molecule has 0 saturated carbocycles. The SMILES string of the molecule is CNC(=O)c1noc([C@H]2C[C@H](O)CN2)n1. The smallest absolute Gasteiger partial charge is 0.292 e. The third kappa shape index (κ3) is 1.97. The summed E-state index contributed by atoms with van der Waals surface area (Å²) in [5.41, 5.74) is 0. The molecule has 7 nitrogen and oxygen atoms in total. The van der Waals surface area contributed by atoms with Crippen LogP contribution in [0.3, 0.4) is 0 Å². The molecule has 0 aliphatic carbocycles. The topological polar surface area (TPSA) is 100 Å². The standard InChI is InChI=1S/C8H12N4O3/c1-9-7(14)6-11-8(15-12-6)5-2-4(13)3-10-5/h4-5,10,13H,2-3H2,1H3,(H,9,14)/t4-,5+/m0/s1. The highest BCUT2D eigenvalue weighted by Gasteiger charge is 2.28. The second-order valence-electron chi connectivity index (χ2n) is 3.39. The number of rotatable bonds is 2. The molecule has 0 bridgehead atoms. The molecule has 2 heterocycles. The summed E-state index contributed by atoms with van der Waals surface area (Å²) >= 11 is 0. The van der Waals surface area contributed by atoms with Crippen molar-refractivity contribution in [1.29, 1.82) is 0 Å². The largest absolute Gasteiger partial charge is 0.392 e. The monoisotopic (exact) mass is 212 g/mol. The molecule has 2 atom stereocenters. The number of hydrogen-bond donors (Lipinski definition) is 3. The van der Waals surface area contributed by atoms with Gasteiger partial charge in [0.2, 0.25) is 5.89 Å². The molecule has 0 aromatic carbocycles. The van der Waals surface area contributed by atoms with Crippen LogP contribution in [0, 0.1) is 0 Å². The summed E-state index contributed by atoms with van der Waals surface area (Å²) < 4.78 is 4.92. The minimum atomic E-state index is -0.398. The highest BCUT2D eigenvalue weighted by Crippen LogP contribution is 2.21. The van der Waals surface area contributed by atoms with E-state index in [4.69, 9.17) is 4.52 Å². The highest BCUT2D eigenvalue weighted by molar-refractivity contribution is 5.89. The number of aliphatic hydroxyl groups excluding tert-OH is 1. The van der Waals surface area contributed by atoms with Crippen molar-refractivity contribution in [2.75, 3.05) is 13.6 Å². The van der Waals surface area contributed by atoms with Crippen LogP contribution in [-0.4, -0.2) is 40.9 Å². The van der Waals surface area contributed by atoms with E-state index in [0.29, 0.717) is 18.9 Å². The number of β-amino-alcohol motifs (C(OH)–C–C–N with tert-alkyl or cyclic N) is 1. The lowest BCUT2D eigenvalue weighted by Gasteiger charge is -2.01. The minimum Gasteiger partial charge on any atom is -0.392 e. The van der Waals surface area contributed by atoms with Crippen molar-refractivity contribution in [3.8, 4) is 0 Å². The van der Waals surface area contributed by atoms with Crippen molar-refractivity contribution in [2.45, 2.75) is 18.6 Å². The van der Waals surface area contributed by atoms with Crippen LogP contribution < -0.4 is 10.6 Å². The molecule has 7 heteroatoms. The van der Waals surface area contributed by atoms with E-state index in [1.165, 1.54) is 7.05 Å². The third-order valence-electron chi connectivity index (χ3n) is 2.28. The number of carbonyl (C=O) groups excluding carboxylic acids is 1. The van der Waals surface area contributed by atoms with Crippen LogP contribution in [0.4, 0.5) is 0 Å². The average Bonchev–Trinajstić information content (AvgIpc) is 2.84. The van der Waals surface area contributed by atoms with Crippen molar-refractivity contribution in [1.82, 2.24) is 20.8 Å². The van der Waals surface area contributed by atoms with Gasteiger partial charge in [-0.1, -0.05) is 5.16 Å². The Hall–Kier alpha value is -1.47. The molecular formula is C8H12N4O3. The number of aliphatic hydroxyl groups is 1. The molecule has 2 rings (SSSR count). The third-order valence-corrected chi connectivity index (χ3v) is 2.28. The van der Waals surface area contributed by atoms with Gasteiger partial charge in [0.25, 0.3) is 11.7 Å². The number of amides is 1. The van der Waals surface area contributed by atoms with Crippen molar-refractivity contribution in [2.24, 2.45) is 0 Å². The van der Waals surface area contributed by atoms with E-state index in [9.17, 15) is 9.90 Å². The predicted molar refractivity (Wildman–Crippen MR) is 49.1 cm³/mol. The lowest BCUT2D eigenvalue weighted by atomic mass is 10.2. The fraction of sp³-hybridized carbons (Fsp3) is 0.625. The van der Waals surface area contributed by atoms with E-state index >= 15 is 0 Å². The maximum atomic E-state index is 11.1. The molecule has 0 unspecified atom stereocenters. The van der Waals surface area contributed by atoms with Gasteiger partial charge < -0.3 is 20.3 Å². The Morgan fingerprint density at radius 3 is 3.13 bits per heavy atom. The zero-order chi connectivity index (χ0) is 10.8. The molecule has 1 aliphatic heterocycles. The average molecular weight is 212 g/mol. The Kier molecular flexibility index (Phi) is 2.65. The van der Waals surface area contributed by atoms with E-state index in [1.54, 1.807) is 0 Å². The van der Waals surface area contributed by atoms with Gasteiger partial charge in [0.15, 0.2) is 0 Å². The van der Waals surface area contributed by atoms with Crippen LogP contribution in [0.25, 0.3) is 0 Å². The molecule has 0 radical (unpaired) electrons. The van der Waals surface area contributed by atoms with Gasteiger partial charge in [-0.3, -0.25) is 4.79 Å². The Morgan fingerprint density at radius 2 is 2.53 bits per heavy atom. The van der Waals surface area contributed by atoms with Crippen molar-refractivity contribution >= 4 is 5.91 Å². The van der Waals surface area contributed by atoms with Gasteiger partial charge in [-0.05, 0) is 6.42 Å². The summed E-state index contributed by atoms with van der Waals surface area (Å²) in [7, 11) is 1.50. The van der Waals surface area contributed by atoms with E-state index in [2.05, 4.69) is 20.8 Å². The van der Waals surface area contributed by atoms with Gasteiger partial charge in [0, 0.05) is 13.6 Å². The second kappa shape index (κ2) is 3.95. The van der Waals surface area contributed by atoms with E-state index in [0.717, 1.165) is 0 Å². The molecule has 15 heavy (non-hydrogen) atoms. The van der Waals surface area contributed by atoms with E-state index < -0.39 is 6.10 Å². The Labute approximate surface area is 85.9 Å². The number of aromatic nitrogens is 2. The zero-order valence-electron chi connectivity index (χ0n) is 8.23. The Morgan fingerprint density at radius 1 is 1.73 bits per heavy atom. The first kappa shape index (κ1) is 10.1. The first-order valence-electron chi connectivity index (χ1n) is 4.68. The van der Waals surface area contributed by atoms with Gasteiger partial charge >= 0.3 is 0 Å². The molecule has 1 saturated heterocycles. The minimum absolute atomic E-state index is 0.00990. The van der Waals surface area contributed by atoms with Gasteiger partial charge in [0.1, 0.15) is 0 Å². The lowest BCUT2D eigenvalue weighted by molar-refractivity contribution is 0.0950. The van der Waals surface area contributed by atoms with E-state index in [1.807, 2.05) is 0 Å². The molecule has 1 amide bonds. The summed E-state index contributed by atoms with van der Waals surface area (Å²) in [5, 5.41) is 18.2. The van der Waals surface area contributed by atoms with Crippen molar-refractivity contribution in [3.05, 3.63) is 11.7 Å². The number of nitrogens with zero attached hydrogens (tertiary/aromatic N) is 2. The number of nitrogens with one attached hydrogen (secondary N) is 2. The van der Waals surface area contributed by atoms with Crippen LogP contribution in [0.2, 0.25) is 0 Å². The molecule has 1 aromatic heterocycles. The summed E-state index contributed by atoms with van der Waals surface area (Å²) in [6.45, 7) is 0.502. The summed E-state index contributed by atoms with van der Waals surface area (Å²) in [6.07, 6.45) is 0.125. The fourth-order valence-corrected chi connectivity index (χ4v) is 1.49. The van der Waals surface area contributed by atoms with Crippen molar-refractivity contribution < 1.29 is 14.4 Å². The first-order valence-corrected chi connectivity index (χ1v) is 4.68. The van der Waals surface area contributed by atoms with Crippen molar-refractivity contribution in [3.63, 3.8) is 0 Å². The lowest BCUT2D eigenvalue weighted by Crippen LogP contribution is -2.19. The van der Waals surface area contributed by atoms with Crippen LogP contribution in [0.1, 0.15) is 29.0 Å². The summed E-state index contributed by atoms with van der Waals surface area (Å²) in [6, 6.07) is -0.161. The van der Waals surface area contributed by atoms with Crippen LogP contribution in [0.5, 0.6) is 0 Å². The predicted octanol–water partition coefficient (Wildman–Crippen LogP) is -1.18. The quantitative estimate of drug-likeness (QED) is 0.571. The molecule has 3 N–H and O–H groups in total. The van der Waals surface area contributed by atoms with Gasteiger partial charge in [-0.25, -0.2) is 0 Å². The summed E-state index contributed by atoms with van der Waals surface area (Å²) in [4.78, 5) is 15.1. The zero-order valence-corrected chi connectivity index (χ0v) is 8.23. The van der Waals surface area contributed by atoms with Gasteiger partial charge in [-0.2, -0.15) is 4.98 Å². The number of carbonyl (C=O) groups is 1. The van der Waals surface area contributed by atoms with Gasteiger partial charge in [0.05, 0.1) is 12.1 Å². The molecule has 0 spiro atoms. The van der Waals surface area contributed by atoms with Crippen LogP contribution in [0.15, 0.2) is 4.52 Å². The molecule has 1 aliphatic rings. The molecule has 1 aromatic rings. The fourth-order valence-electron chi connectivity index (χ4n) is 1.49. The van der Waals surface area contributed by atoms with Gasteiger partial charge in [-0.15, -0.1) is 0 Å². The normalized spacial score (nSPS) is 25.5. The highest BCUT2D eigenvalue weighted by atomic mass is 16.5. The second-order valence-corrected chi connectivity index (χ2v) is 3.39. The number of hydrogen-bond acceptors (Lipinski definition) is 6. The maximum Gasteiger partial charge on any atom is 0.292 e.